The van der Waals surface area contributed by atoms with E-state index in [0.29, 0.717) is 11.3 Å². The lowest BCUT2D eigenvalue weighted by Crippen LogP contribution is -2.27. The van der Waals surface area contributed by atoms with Crippen LogP contribution in [-0.2, 0) is 10.0 Å². The number of amides is 1. The van der Waals surface area contributed by atoms with Crippen LogP contribution in [0.5, 0.6) is 0 Å². The van der Waals surface area contributed by atoms with Crippen molar-refractivity contribution in [2.24, 2.45) is 0 Å². The SMILES string of the molecule is Cc1ccc([C@@H](C)NC(=O)c2ccc(N(C)S(C)(=O)=O)cc2)cc1. The molecule has 2 aromatic carbocycles. The van der Waals surface area contributed by atoms with Gasteiger partial charge in [0.1, 0.15) is 0 Å². The smallest absolute Gasteiger partial charge is 0.251 e. The minimum Gasteiger partial charge on any atom is -0.346 e. The number of anilines is 1. The molecule has 2 aromatic rings. The van der Waals surface area contributed by atoms with Gasteiger partial charge in [-0.05, 0) is 43.7 Å². The monoisotopic (exact) mass is 346 g/mol. The summed E-state index contributed by atoms with van der Waals surface area (Å²) in [4.78, 5) is 12.3. The van der Waals surface area contributed by atoms with Crippen LogP contribution in [0.25, 0.3) is 0 Å². The standard InChI is InChI=1S/C18H22N2O3S/c1-13-5-7-15(8-6-13)14(2)19-18(21)16-9-11-17(12-10-16)20(3)24(4,22)23/h5-12,14H,1-4H3,(H,19,21)/t14-/m1/s1. The van der Waals surface area contributed by atoms with Crippen molar-refractivity contribution in [3.8, 4) is 0 Å². The molecule has 128 valence electrons. The van der Waals surface area contributed by atoms with Crippen LogP contribution in [0.4, 0.5) is 5.69 Å². The largest absolute Gasteiger partial charge is 0.346 e. The highest BCUT2D eigenvalue weighted by molar-refractivity contribution is 7.92. The van der Waals surface area contributed by atoms with Crippen molar-refractivity contribution in [1.29, 1.82) is 0 Å². The van der Waals surface area contributed by atoms with Gasteiger partial charge >= 0.3 is 0 Å². The molecule has 6 heteroatoms. The second kappa shape index (κ2) is 7.05. The van der Waals surface area contributed by atoms with Gasteiger partial charge in [-0.15, -0.1) is 0 Å². The van der Waals surface area contributed by atoms with E-state index in [4.69, 9.17) is 0 Å². The molecular weight excluding hydrogens is 324 g/mol. The molecule has 5 nitrogen and oxygen atoms in total. The fourth-order valence-electron chi connectivity index (χ4n) is 2.23. The van der Waals surface area contributed by atoms with Crippen molar-refractivity contribution in [3.05, 3.63) is 65.2 Å². The van der Waals surface area contributed by atoms with Crippen LogP contribution >= 0.6 is 0 Å². The van der Waals surface area contributed by atoms with E-state index in [1.54, 1.807) is 24.3 Å². The molecule has 2 rings (SSSR count). The third-order valence-corrected chi connectivity index (χ3v) is 5.12. The predicted molar refractivity (Wildman–Crippen MR) is 96.7 cm³/mol. The number of carbonyl (C=O) groups is 1. The van der Waals surface area contributed by atoms with Gasteiger partial charge in [-0.2, -0.15) is 0 Å². The highest BCUT2D eigenvalue weighted by Crippen LogP contribution is 2.18. The van der Waals surface area contributed by atoms with Crippen LogP contribution in [0.3, 0.4) is 0 Å². The van der Waals surface area contributed by atoms with Crippen molar-refractivity contribution in [2.75, 3.05) is 17.6 Å². The molecule has 0 spiro atoms. The molecule has 0 fully saturated rings. The number of hydrogen-bond acceptors (Lipinski definition) is 3. The number of sulfonamides is 1. The molecule has 0 bridgehead atoms. The molecule has 0 radical (unpaired) electrons. The van der Waals surface area contributed by atoms with Crippen molar-refractivity contribution >= 4 is 21.6 Å². The van der Waals surface area contributed by atoms with Crippen LogP contribution < -0.4 is 9.62 Å². The molecule has 0 saturated heterocycles. The van der Waals surface area contributed by atoms with Crippen LogP contribution in [0.2, 0.25) is 0 Å². The van der Waals surface area contributed by atoms with Gasteiger partial charge in [0.2, 0.25) is 10.0 Å². The molecule has 0 aliphatic carbocycles. The average Bonchev–Trinajstić information content (AvgIpc) is 2.54. The molecular formula is C18H22N2O3S. The second-order valence-corrected chi connectivity index (χ2v) is 7.90. The van der Waals surface area contributed by atoms with Crippen LogP contribution in [-0.4, -0.2) is 27.6 Å². The maximum Gasteiger partial charge on any atom is 0.251 e. The summed E-state index contributed by atoms with van der Waals surface area (Å²) in [5.74, 6) is -0.198. The summed E-state index contributed by atoms with van der Waals surface area (Å²) < 4.78 is 24.2. The quantitative estimate of drug-likeness (QED) is 0.905. The number of rotatable bonds is 5. The molecule has 0 saturated carbocycles. The predicted octanol–water partition coefficient (Wildman–Crippen LogP) is 2.88. The number of nitrogens with one attached hydrogen (secondary N) is 1. The van der Waals surface area contributed by atoms with E-state index in [1.165, 1.54) is 16.9 Å². The van der Waals surface area contributed by atoms with Crippen LogP contribution in [0, 0.1) is 6.92 Å². The Morgan fingerprint density at radius 1 is 1.04 bits per heavy atom. The van der Waals surface area contributed by atoms with Crippen molar-refractivity contribution in [3.63, 3.8) is 0 Å². The van der Waals surface area contributed by atoms with Crippen LogP contribution in [0.15, 0.2) is 48.5 Å². The molecule has 0 heterocycles. The van der Waals surface area contributed by atoms with E-state index < -0.39 is 10.0 Å². The molecule has 0 unspecified atom stereocenters. The minimum atomic E-state index is -3.31. The Morgan fingerprint density at radius 3 is 2.08 bits per heavy atom. The second-order valence-electron chi connectivity index (χ2n) is 5.88. The summed E-state index contributed by atoms with van der Waals surface area (Å²) in [6, 6.07) is 14.4. The number of nitrogens with zero attached hydrogens (tertiary/aromatic N) is 1. The lowest BCUT2D eigenvalue weighted by Gasteiger charge is -2.17. The van der Waals surface area contributed by atoms with Gasteiger partial charge in [0.25, 0.3) is 5.91 Å². The Hall–Kier alpha value is -2.34. The van der Waals surface area contributed by atoms with Gasteiger partial charge in [-0.3, -0.25) is 9.10 Å². The first kappa shape index (κ1) is 18.0. The molecule has 0 aliphatic rings. The summed E-state index contributed by atoms with van der Waals surface area (Å²) in [7, 11) is -1.84. The molecule has 0 aromatic heterocycles. The first-order valence-corrected chi connectivity index (χ1v) is 9.44. The molecule has 1 atom stereocenters. The van der Waals surface area contributed by atoms with E-state index in [9.17, 15) is 13.2 Å². The van der Waals surface area contributed by atoms with Gasteiger partial charge in [0, 0.05) is 12.6 Å². The third-order valence-electron chi connectivity index (χ3n) is 3.92. The Kier molecular flexibility index (Phi) is 5.29. The first-order chi connectivity index (χ1) is 11.2. The Morgan fingerprint density at radius 2 is 1.58 bits per heavy atom. The maximum absolute atomic E-state index is 12.3. The molecule has 0 aliphatic heterocycles. The highest BCUT2D eigenvalue weighted by Gasteiger charge is 2.14. The summed E-state index contributed by atoms with van der Waals surface area (Å²) in [6.45, 7) is 3.94. The van der Waals surface area contributed by atoms with Crippen molar-refractivity contribution in [2.45, 2.75) is 19.9 Å². The normalized spacial score (nSPS) is 12.5. The minimum absolute atomic E-state index is 0.114. The summed E-state index contributed by atoms with van der Waals surface area (Å²) in [5, 5.41) is 2.94. The number of benzene rings is 2. The fourth-order valence-corrected chi connectivity index (χ4v) is 2.74. The molecule has 24 heavy (non-hydrogen) atoms. The number of aryl methyl sites for hydroxylation is 1. The van der Waals surface area contributed by atoms with Crippen LogP contribution in [0.1, 0.15) is 34.5 Å². The summed E-state index contributed by atoms with van der Waals surface area (Å²) in [5.41, 5.74) is 3.20. The van der Waals surface area contributed by atoms with E-state index in [0.717, 1.165) is 11.8 Å². The molecule has 1 amide bonds. The Bertz CT molecular complexity index is 812. The summed E-state index contributed by atoms with van der Waals surface area (Å²) >= 11 is 0. The van der Waals surface area contributed by atoms with Gasteiger partial charge in [-0.25, -0.2) is 8.42 Å². The lowest BCUT2D eigenvalue weighted by molar-refractivity contribution is 0.0940. The number of hydrogen-bond donors (Lipinski definition) is 1. The Labute approximate surface area is 143 Å². The fraction of sp³-hybridized carbons (Fsp3) is 0.278. The first-order valence-electron chi connectivity index (χ1n) is 7.60. The van der Waals surface area contributed by atoms with E-state index >= 15 is 0 Å². The van der Waals surface area contributed by atoms with E-state index in [2.05, 4.69) is 5.32 Å². The van der Waals surface area contributed by atoms with Crippen molar-refractivity contribution in [1.82, 2.24) is 5.32 Å². The van der Waals surface area contributed by atoms with Gasteiger partial charge in [-0.1, -0.05) is 29.8 Å². The van der Waals surface area contributed by atoms with Gasteiger partial charge in [0.15, 0.2) is 0 Å². The van der Waals surface area contributed by atoms with E-state index in [1.807, 2.05) is 38.1 Å². The highest BCUT2D eigenvalue weighted by atomic mass is 32.2. The zero-order chi connectivity index (χ0) is 17.9. The van der Waals surface area contributed by atoms with Gasteiger partial charge in [0.05, 0.1) is 18.0 Å². The maximum atomic E-state index is 12.3. The number of carbonyl (C=O) groups excluding carboxylic acids is 1. The average molecular weight is 346 g/mol. The van der Waals surface area contributed by atoms with Gasteiger partial charge < -0.3 is 5.32 Å². The summed E-state index contributed by atoms with van der Waals surface area (Å²) in [6.07, 6.45) is 1.14. The third kappa shape index (κ3) is 4.35. The molecule has 1 N–H and O–H groups in total. The lowest BCUT2D eigenvalue weighted by atomic mass is 10.1. The zero-order valence-corrected chi connectivity index (χ0v) is 15.1. The van der Waals surface area contributed by atoms with E-state index in [-0.39, 0.29) is 11.9 Å². The zero-order valence-electron chi connectivity index (χ0n) is 14.3. The topological polar surface area (TPSA) is 66.5 Å². The Balaban J connectivity index is 2.09. The van der Waals surface area contributed by atoms with Crippen molar-refractivity contribution < 1.29 is 13.2 Å².